The molecule has 0 radical (unpaired) electrons. The molecule has 2 atom stereocenters. The maximum Gasteiger partial charge on any atom is 0.237 e. The van der Waals surface area contributed by atoms with Crippen LogP contribution in [0.3, 0.4) is 0 Å². The summed E-state index contributed by atoms with van der Waals surface area (Å²) in [6, 6.07) is 11.3. The number of aryl methyl sites for hydroxylation is 1. The molecule has 3 aliphatic carbocycles. The number of carbonyl (C=O) groups excluding carboxylic acids is 2. The van der Waals surface area contributed by atoms with Gasteiger partial charge in [-0.15, -0.1) is 11.3 Å². The summed E-state index contributed by atoms with van der Waals surface area (Å²) >= 11 is 1.50. The summed E-state index contributed by atoms with van der Waals surface area (Å²) in [5.41, 5.74) is 1.37. The summed E-state index contributed by atoms with van der Waals surface area (Å²) in [5.74, 6) is -0.183. The van der Waals surface area contributed by atoms with Gasteiger partial charge in [-0.2, -0.15) is 5.26 Å². The Hall–Kier alpha value is -2.83. The maximum absolute atomic E-state index is 13.7. The summed E-state index contributed by atoms with van der Waals surface area (Å²) in [6.45, 7) is 2.12. The van der Waals surface area contributed by atoms with Crippen molar-refractivity contribution in [1.82, 2.24) is 15.2 Å². The molecule has 184 valence electrons. The lowest BCUT2D eigenvalue weighted by atomic mass is 9.57. The predicted octanol–water partition coefficient (Wildman–Crippen LogP) is 4.20. The molecule has 4 aliphatic rings. The number of likely N-dealkylation sites (tertiary alicyclic amines) is 1. The van der Waals surface area contributed by atoms with Crippen LogP contribution >= 0.6 is 11.3 Å². The van der Waals surface area contributed by atoms with Crippen LogP contribution in [0.2, 0.25) is 0 Å². The molecule has 6 rings (SSSR count). The molecule has 1 saturated heterocycles. The van der Waals surface area contributed by atoms with E-state index in [0.717, 1.165) is 54.7 Å². The minimum Gasteiger partial charge on any atom is -0.323 e. The van der Waals surface area contributed by atoms with Gasteiger partial charge in [-0.05, 0) is 45.4 Å². The average molecular weight is 496 g/mol. The Bertz CT molecular complexity index is 1140. The van der Waals surface area contributed by atoms with Gasteiger partial charge in [0.2, 0.25) is 11.8 Å². The van der Waals surface area contributed by atoms with Crippen LogP contribution in [-0.4, -0.2) is 52.5 Å². The number of amides is 2. The van der Waals surface area contributed by atoms with Gasteiger partial charge in [-0.25, -0.2) is 9.37 Å². The van der Waals surface area contributed by atoms with Gasteiger partial charge in [0.15, 0.2) is 5.13 Å². The molecule has 0 spiro atoms. The number of nitrogens with one attached hydrogen (secondary N) is 2. The number of fused-ring (bicyclic) bond motifs is 3. The number of thiazole rings is 1. The van der Waals surface area contributed by atoms with E-state index < -0.39 is 17.6 Å². The second-order valence-electron chi connectivity index (χ2n) is 10.2. The molecule has 2 bridgehead atoms. The van der Waals surface area contributed by atoms with Crippen molar-refractivity contribution < 1.29 is 14.0 Å². The number of hydrogen-bond acceptors (Lipinski definition) is 6. The van der Waals surface area contributed by atoms with Gasteiger partial charge in [-0.3, -0.25) is 9.59 Å². The zero-order valence-electron chi connectivity index (χ0n) is 19.8. The average Bonchev–Trinajstić information content (AvgIpc) is 3.45. The first kappa shape index (κ1) is 23.9. The van der Waals surface area contributed by atoms with Crippen LogP contribution < -0.4 is 10.6 Å². The van der Waals surface area contributed by atoms with Crippen LogP contribution in [0.25, 0.3) is 11.3 Å². The SMILES string of the molecule is Cc1sc(NC(=O)C23CCC(NCC(=O)N4C[C@@H](F)C[C@H]4C#N)(CC2)CC3)nc1-c1ccccc1. The first-order valence-corrected chi connectivity index (χ1v) is 13.1. The normalized spacial score (nSPS) is 29.7. The first-order valence-electron chi connectivity index (χ1n) is 12.3. The number of aromatic nitrogens is 1. The molecule has 2 amide bonds. The number of halogens is 1. The highest BCUT2D eigenvalue weighted by atomic mass is 32.1. The quantitative estimate of drug-likeness (QED) is 0.626. The highest BCUT2D eigenvalue weighted by molar-refractivity contribution is 7.16. The van der Waals surface area contributed by atoms with E-state index >= 15 is 0 Å². The van der Waals surface area contributed by atoms with Crippen molar-refractivity contribution in [2.24, 2.45) is 5.41 Å². The monoisotopic (exact) mass is 495 g/mol. The van der Waals surface area contributed by atoms with Gasteiger partial charge >= 0.3 is 0 Å². The Morgan fingerprint density at radius 1 is 1.20 bits per heavy atom. The summed E-state index contributed by atoms with van der Waals surface area (Å²) in [6.07, 6.45) is 3.67. The Kier molecular flexibility index (Phi) is 6.36. The minimum atomic E-state index is -1.13. The van der Waals surface area contributed by atoms with Crippen molar-refractivity contribution in [3.63, 3.8) is 0 Å². The van der Waals surface area contributed by atoms with E-state index in [9.17, 15) is 19.2 Å². The summed E-state index contributed by atoms with van der Waals surface area (Å²) in [7, 11) is 0. The highest BCUT2D eigenvalue weighted by Gasteiger charge is 2.52. The van der Waals surface area contributed by atoms with Crippen molar-refractivity contribution >= 4 is 28.3 Å². The fourth-order valence-electron chi connectivity index (χ4n) is 5.88. The molecule has 1 aromatic heterocycles. The summed E-state index contributed by atoms with van der Waals surface area (Å²) in [4.78, 5) is 33.1. The van der Waals surface area contributed by atoms with Crippen molar-refractivity contribution in [1.29, 1.82) is 5.26 Å². The lowest BCUT2D eigenvalue weighted by Gasteiger charge is -2.52. The molecule has 0 unspecified atom stereocenters. The number of nitrogens with zero attached hydrogens (tertiary/aromatic N) is 3. The largest absolute Gasteiger partial charge is 0.323 e. The maximum atomic E-state index is 13.7. The molecule has 3 saturated carbocycles. The van der Waals surface area contributed by atoms with Gasteiger partial charge in [0.05, 0.1) is 24.9 Å². The number of anilines is 1. The fourth-order valence-corrected chi connectivity index (χ4v) is 6.71. The van der Waals surface area contributed by atoms with E-state index in [0.29, 0.717) is 5.13 Å². The van der Waals surface area contributed by atoms with E-state index in [1.165, 1.54) is 16.2 Å². The third kappa shape index (κ3) is 4.57. The number of rotatable bonds is 6. The van der Waals surface area contributed by atoms with Crippen LogP contribution in [0, 0.1) is 23.7 Å². The number of hydrogen-bond donors (Lipinski definition) is 2. The third-order valence-electron chi connectivity index (χ3n) is 8.13. The summed E-state index contributed by atoms with van der Waals surface area (Å²) in [5, 5.41) is 16.4. The molecule has 4 fully saturated rings. The third-order valence-corrected chi connectivity index (χ3v) is 9.01. The van der Waals surface area contributed by atoms with Gasteiger partial charge in [-0.1, -0.05) is 30.3 Å². The lowest BCUT2D eigenvalue weighted by molar-refractivity contribution is -0.135. The van der Waals surface area contributed by atoms with Crippen LogP contribution in [0.5, 0.6) is 0 Å². The smallest absolute Gasteiger partial charge is 0.237 e. The number of nitriles is 1. The van der Waals surface area contributed by atoms with E-state index in [-0.39, 0.29) is 36.9 Å². The molecule has 7 nitrogen and oxygen atoms in total. The van der Waals surface area contributed by atoms with E-state index in [4.69, 9.17) is 4.98 Å². The van der Waals surface area contributed by atoms with Gasteiger partial charge in [0, 0.05) is 27.8 Å². The van der Waals surface area contributed by atoms with E-state index in [1.54, 1.807) is 0 Å². The van der Waals surface area contributed by atoms with Gasteiger partial charge in [0.25, 0.3) is 0 Å². The van der Waals surface area contributed by atoms with Crippen LogP contribution in [0.1, 0.15) is 49.8 Å². The van der Waals surface area contributed by atoms with E-state index in [2.05, 4.69) is 10.6 Å². The standard InChI is InChI=1S/C26H30FN5O2S/c1-17-22(18-5-3-2-4-6-18)30-24(35-17)31-23(34)25-7-10-26(11-8-25,12-9-25)29-15-21(33)32-16-19(27)13-20(32)14-28/h2-6,19-20,29H,7-13,15-16H2,1H3,(H,30,31,34)/t19-,20-,25?,26?/m0/s1. The minimum absolute atomic E-state index is 0.00274. The fraction of sp³-hybridized carbons (Fsp3) is 0.538. The van der Waals surface area contributed by atoms with Crippen LogP contribution in [-0.2, 0) is 9.59 Å². The predicted molar refractivity (Wildman–Crippen MR) is 132 cm³/mol. The van der Waals surface area contributed by atoms with Crippen molar-refractivity contribution in [2.45, 2.75) is 69.6 Å². The van der Waals surface area contributed by atoms with E-state index in [1.807, 2.05) is 43.3 Å². The Morgan fingerprint density at radius 2 is 1.89 bits per heavy atom. The molecule has 2 aromatic rings. The molecule has 35 heavy (non-hydrogen) atoms. The van der Waals surface area contributed by atoms with Crippen LogP contribution in [0.15, 0.2) is 30.3 Å². The molecule has 9 heteroatoms. The molecular weight excluding hydrogens is 465 g/mol. The summed E-state index contributed by atoms with van der Waals surface area (Å²) < 4.78 is 13.7. The molecular formula is C26H30FN5O2S. The van der Waals surface area contributed by atoms with Crippen molar-refractivity contribution in [3.05, 3.63) is 35.2 Å². The number of benzene rings is 1. The molecule has 1 aliphatic heterocycles. The highest BCUT2D eigenvalue weighted by Crippen LogP contribution is 2.53. The molecule has 2 N–H and O–H groups in total. The number of carbonyl (C=O) groups is 2. The zero-order valence-corrected chi connectivity index (χ0v) is 20.7. The molecule has 2 heterocycles. The van der Waals surface area contributed by atoms with Crippen LogP contribution in [0.4, 0.5) is 9.52 Å². The Labute approximate surface area is 208 Å². The lowest BCUT2D eigenvalue weighted by Crippen LogP contribution is -2.59. The van der Waals surface area contributed by atoms with Gasteiger partial charge < -0.3 is 15.5 Å². The molecule has 1 aromatic carbocycles. The zero-order chi connectivity index (χ0) is 24.6. The number of alkyl halides is 1. The first-order chi connectivity index (χ1) is 16.8. The van der Waals surface area contributed by atoms with Crippen molar-refractivity contribution in [3.8, 4) is 17.3 Å². The Morgan fingerprint density at radius 3 is 2.54 bits per heavy atom. The Balaban J connectivity index is 1.18. The topological polar surface area (TPSA) is 98.1 Å². The second-order valence-corrected chi connectivity index (χ2v) is 11.4. The van der Waals surface area contributed by atoms with Gasteiger partial charge in [0.1, 0.15) is 12.2 Å². The van der Waals surface area contributed by atoms with Crippen molar-refractivity contribution in [2.75, 3.05) is 18.4 Å². The second kappa shape index (κ2) is 9.32.